The molecule has 12 heteroatoms. The van der Waals surface area contributed by atoms with Crippen LogP contribution in [-0.4, -0.2) is 46.3 Å². The topological polar surface area (TPSA) is 86.7 Å². The maximum atomic E-state index is 14.9. The zero-order valence-electron chi connectivity index (χ0n) is 16.8. The van der Waals surface area contributed by atoms with Crippen molar-refractivity contribution in [1.82, 2.24) is 4.90 Å². The molecule has 1 fully saturated rings. The molecule has 0 saturated carbocycles. The van der Waals surface area contributed by atoms with E-state index < -0.39 is 71.4 Å². The highest BCUT2D eigenvalue weighted by Crippen LogP contribution is 2.39. The van der Waals surface area contributed by atoms with E-state index in [1.807, 2.05) is 0 Å². The lowest BCUT2D eigenvalue weighted by Crippen LogP contribution is -2.48. The lowest BCUT2D eigenvalue weighted by Gasteiger charge is -2.26. The fourth-order valence-corrected chi connectivity index (χ4v) is 3.38. The molecule has 1 saturated heterocycles. The van der Waals surface area contributed by atoms with Crippen molar-refractivity contribution in [3.8, 4) is 0 Å². The molecule has 2 aromatic carbocycles. The number of aliphatic carboxylic acids is 1. The summed E-state index contributed by atoms with van der Waals surface area (Å²) in [6, 6.07) is 2.97. The summed E-state index contributed by atoms with van der Waals surface area (Å²) >= 11 is 0. The number of benzene rings is 2. The number of nitrogens with zero attached hydrogens (tertiary/aromatic N) is 1. The maximum Gasteiger partial charge on any atom is 0.352 e. The molecular formula is C21H16F6N2O4. The highest BCUT2D eigenvalue weighted by atomic mass is 19.3. The van der Waals surface area contributed by atoms with E-state index >= 15 is 0 Å². The summed E-state index contributed by atoms with van der Waals surface area (Å²) in [7, 11) is 0. The number of aryl methyl sites for hydroxylation is 1. The molecule has 2 aromatic rings. The first kappa shape index (κ1) is 24.1. The number of nitrogens with one attached hydrogen (secondary N) is 1. The van der Waals surface area contributed by atoms with E-state index in [0.717, 1.165) is 12.1 Å². The van der Waals surface area contributed by atoms with Crippen LogP contribution in [0.4, 0.5) is 32.0 Å². The Morgan fingerprint density at radius 2 is 1.73 bits per heavy atom. The van der Waals surface area contributed by atoms with Crippen LogP contribution in [0.5, 0.6) is 0 Å². The number of halogens is 6. The Morgan fingerprint density at radius 3 is 2.33 bits per heavy atom. The molecule has 2 N–H and O–H groups in total. The van der Waals surface area contributed by atoms with Gasteiger partial charge in [-0.05, 0) is 48.9 Å². The average molecular weight is 474 g/mol. The Bertz CT molecular complexity index is 1140. The SMILES string of the molecule is Cc1cc(NC(=O)c2ccc(F)c(C(F)(F)C(=O)N3CC(F)(F)CC3C(=O)O)c2)ccc1F. The monoisotopic (exact) mass is 474 g/mol. The predicted molar refractivity (Wildman–Crippen MR) is 102 cm³/mol. The van der Waals surface area contributed by atoms with E-state index in [-0.39, 0.29) is 16.2 Å². The molecule has 1 aliphatic heterocycles. The largest absolute Gasteiger partial charge is 0.480 e. The van der Waals surface area contributed by atoms with Crippen LogP contribution in [0.2, 0.25) is 0 Å². The summed E-state index contributed by atoms with van der Waals surface area (Å²) in [4.78, 5) is 35.7. The number of carbonyl (C=O) groups is 3. The van der Waals surface area contributed by atoms with E-state index in [1.165, 1.54) is 19.1 Å². The lowest BCUT2D eigenvalue weighted by atomic mass is 10.0. The minimum Gasteiger partial charge on any atom is -0.480 e. The number of alkyl halides is 4. The number of carboxylic acid groups (broad SMARTS) is 1. The van der Waals surface area contributed by atoms with Crippen LogP contribution >= 0.6 is 0 Å². The van der Waals surface area contributed by atoms with Gasteiger partial charge in [0.25, 0.3) is 17.7 Å². The Morgan fingerprint density at radius 1 is 1.09 bits per heavy atom. The van der Waals surface area contributed by atoms with Crippen LogP contribution < -0.4 is 5.32 Å². The number of carboxylic acids is 1. The van der Waals surface area contributed by atoms with Crippen molar-refractivity contribution < 1.29 is 45.8 Å². The molecule has 176 valence electrons. The van der Waals surface area contributed by atoms with Crippen molar-refractivity contribution in [1.29, 1.82) is 0 Å². The standard InChI is InChI=1S/C21H16F6N2O4/c1-10-6-12(3-5-14(10)22)28-17(30)11-2-4-15(23)13(7-11)21(26,27)19(33)29-9-20(24,25)8-16(29)18(31)32/h2-7,16H,8-9H2,1H3,(H,28,30)(H,31,32). The van der Waals surface area contributed by atoms with Gasteiger partial charge in [0, 0.05) is 17.7 Å². The van der Waals surface area contributed by atoms with E-state index in [1.54, 1.807) is 0 Å². The van der Waals surface area contributed by atoms with Crippen molar-refractivity contribution in [2.24, 2.45) is 0 Å². The van der Waals surface area contributed by atoms with Crippen molar-refractivity contribution in [3.63, 3.8) is 0 Å². The summed E-state index contributed by atoms with van der Waals surface area (Å²) in [5.41, 5.74) is -1.81. The Labute approximate surface area is 182 Å². The number of anilines is 1. The number of rotatable bonds is 5. The third kappa shape index (κ3) is 4.78. The van der Waals surface area contributed by atoms with Gasteiger partial charge in [-0.1, -0.05) is 0 Å². The highest BCUT2D eigenvalue weighted by molar-refractivity contribution is 6.04. The van der Waals surface area contributed by atoms with Gasteiger partial charge in [0.15, 0.2) is 0 Å². The second kappa shape index (κ2) is 8.41. The summed E-state index contributed by atoms with van der Waals surface area (Å²) < 4.78 is 84.6. The summed E-state index contributed by atoms with van der Waals surface area (Å²) in [6.45, 7) is -0.163. The molecule has 3 rings (SSSR count). The molecule has 0 bridgehead atoms. The average Bonchev–Trinajstić information content (AvgIpc) is 3.06. The molecule has 1 heterocycles. The number of hydrogen-bond donors (Lipinski definition) is 2. The third-order valence-corrected chi connectivity index (χ3v) is 5.07. The second-order valence-corrected chi connectivity index (χ2v) is 7.53. The molecule has 6 nitrogen and oxygen atoms in total. The van der Waals surface area contributed by atoms with Crippen LogP contribution in [0, 0.1) is 18.6 Å². The zero-order chi connectivity index (χ0) is 24.7. The molecule has 1 unspecified atom stereocenters. The van der Waals surface area contributed by atoms with E-state index in [4.69, 9.17) is 5.11 Å². The smallest absolute Gasteiger partial charge is 0.352 e. The summed E-state index contributed by atoms with van der Waals surface area (Å²) in [5.74, 6) is -15.9. The van der Waals surface area contributed by atoms with Gasteiger partial charge in [-0.25, -0.2) is 22.4 Å². The number of likely N-dealkylation sites (tertiary alicyclic amines) is 1. The van der Waals surface area contributed by atoms with Gasteiger partial charge in [0.2, 0.25) is 0 Å². The van der Waals surface area contributed by atoms with Crippen LogP contribution in [-0.2, 0) is 15.5 Å². The van der Waals surface area contributed by atoms with Crippen LogP contribution in [0.3, 0.4) is 0 Å². The van der Waals surface area contributed by atoms with Crippen LogP contribution in [0.15, 0.2) is 36.4 Å². The molecule has 0 aromatic heterocycles. The zero-order valence-corrected chi connectivity index (χ0v) is 16.8. The first-order valence-electron chi connectivity index (χ1n) is 9.40. The highest BCUT2D eigenvalue weighted by Gasteiger charge is 2.56. The van der Waals surface area contributed by atoms with Gasteiger partial charge >= 0.3 is 11.9 Å². The second-order valence-electron chi connectivity index (χ2n) is 7.53. The minimum atomic E-state index is -4.75. The Hall–Kier alpha value is -3.57. The molecule has 1 atom stereocenters. The maximum absolute atomic E-state index is 14.9. The van der Waals surface area contributed by atoms with E-state index in [2.05, 4.69) is 5.32 Å². The summed E-state index contributed by atoms with van der Waals surface area (Å²) in [5, 5.41) is 11.3. The van der Waals surface area contributed by atoms with Gasteiger partial charge in [-0.2, -0.15) is 8.78 Å². The van der Waals surface area contributed by atoms with Gasteiger partial charge in [-0.15, -0.1) is 0 Å². The molecule has 33 heavy (non-hydrogen) atoms. The molecule has 0 radical (unpaired) electrons. The first-order chi connectivity index (χ1) is 15.2. The fraction of sp³-hybridized carbons (Fsp3) is 0.286. The lowest BCUT2D eigenvalue weighted by molar-refractivity contribution is -0.165. The predicted octanol–water partition coefficient (Wildman–Crippen LogP) is 3.94. The van der Waals surface area contributed by atoms with Crippen LogP contribution in [0.25, 0.3) is 0 Å². The minimum absolute atomic E-state index is 0.108. The molecule has 1 aliphatic rings. The van der Waals surface area contributed by atoms with Gasteiger partial charge < -0.3 is 15.3 Å². The van der Waals surface area contributed by atoms with Crippen molar-refractivity contribution >= 4 is 23.5 Å². The molecule has 2 amide bonds. The number of carbonyl (C=O) groups excluding carboxylic acids is 2. The van der Waals surface area contributed by atoms with Gasteiger partial charge in [0.1, 0.15) is 17.7 Å². The number of amides is 2. The number of hydrogen-bond acceptors (Lipinski definition) is 3. The molecule has 0 aliphatic carbocycles. The van der Waals surface area contributed by atoms with E-state index in [9.17, 15) is 40.7 Å². The normalized spacial score (nSPS) is 17.7. The summed E-state index contributed by atoms with van der Waals surface area (Å²) in [6.07, 6.45) is -1.37. The molecule has 0 spiro atoms. The van der Waals surface area contributed by atoms with Gasteiger partial charge in [-0.3, -0.25) is 9.59 Å². The van der Waals surface area contributed by atoms with Crippen molar-refractivity contribution in [2.75, 3.05) is 11.9 Å². The Balaban J connectivity index is 1.91. The van der Waals surface area contributed by atoms with Crippen molar-refractivity contribution in [3.05, 3.63) is 64.7 Å². The fourth-order valence-electron chi connectivity index (χ4n) is 3.38. The molecular weight excluding hydrogens is 458 g/mol. The van der Waals surface area contributed by atoms with Crippen LogP contribution in [0.1, 0.15) is 27.9 Å². The quantitative estimate of drug-likeness (QED) is 0.643. The van der Waals surface area contributed by atoms with Gasteiger partial charge in [0.05, 0.1) is 12.1 Å². The van der Waals surface area contributed by atoms with Crippen molar-refractivity contribution in [2.45, 2.75) is 31.2 Å². The first-order valence-corrected chi connectivity index (χ1v) is 9.40. The third-order valence-electron chi connectivity index (χ3n) is 5.07. The van der Waals surface area contributed by atoms with E-state index in [0.29, 0.717) is 12.1 Å². The Kier molecular flexibility index (Phi) is 6.14.